The molecule has 0 saturated carbocycles. The largest absolute Gasteiger partial charge is 0.497 e. The lowest BCUT2D eigenvalue weighted by atomic mass is 9.84. The summed E-state index contributed by atoms with van der Waals surface area (Å²) in [7, 11) is 1.63. The first-order valence-corrected chi connectivity index (χ1v) is 13.6. The Kier molecular flexibility index (Phi) is 6.52. The maximum absolute atomic E-state index is 6.46. The molecule has 1 aliphatic rings. The SMILES string of the molecule is COc1ccc(/C=N\OCc2nc3c4c(ncn3n2)Oc2c(c(C)nn2-c2cccc(Cl)c2)[C@@H]4c2ccccc2)cc1. The zero-order valence-electron chi connectivity index (χ0n) is 22.7. The summed E-state index contributed by atoms with van der Waals surface area (Å²) in [4.78, 5) is 15.0. The molecule has 0 saturated heterocycles. The standard InChI is InChI=1S/C31H24ClN7O3/c1-19-26-27(21-7-4-3-5-8-21)28-29-35-25(17-41-34-16-20-11-13-24(40-2)14-12-20)37-38(29)18-33-30(28)42-31(26)39(36-19)23-10-6-9-22(32)15-23/h3-16,18,27H,17H2,1-2H3/b34-16-/t27-/m0/s1. The van der Waals surface area contributed by atoms with Gasteiger partial charge >= 0.3 is 0 Å². The number of oxime groups is 1. The van der Waals surface area contributed by atoms with Crippen molar-refractivity contribution in [3.05, 3.63) is 124 Å². The number of methoxy groups -OCH3 is 1. The van der Waals surface area contributed by atoms with Crippen molar-refractivity contribution in [1.29, 1.82) is 0 Å². The second-order valence-corrected chi connectivity index (χ2v) is 10.1. The lowest BCUT2D eigenvalue weighted by molar-refractivity contribution is 0.126. The van der Waals surface area contributed by atoms with Gasteiger partial charge in [-0.25, -0.2) is 19.2 Å². The van der Waals surface area contributed by atoms with Gasteiger partial charge in [0.05, 0.1) is 41.8 Å². The summed E-state index contributed by atoms with van der Waals surface area (Å²) in [6, 6.07) is 25.2. The van der Waals surface area contributed by atoms with Gasteiger partial charge in [0.1, 0.15) is 12.1 Å². The number of hydrogen-bond donors (Lipinski definition) is 0. The van der Waals surface area contributed by atoms with Crippen LogP contribution in [0.1, 0.15) is 39.7 Å². The summed E-state index contributed by atoms with van der Waals surface area (Å²) in [5.41, 5.74) is 5.88. The Morgan fingerprint density at radius 2 is 1.83 bits per heavy atom. The molecule has 0 amide bonds. The highest BCUT2D eigenvalue weighted by molar-refractivity contribution is 6.30. The summed E-state index contributed by atoms with van der Waals surface area (Å²) in [5, 5.41) is 14.1. The van der Waals surface area contributed by atoms with E-state index in [2.05, 4.69) is 27.4 Å². The Bertz CT molecular complexity index is 1930. The van der Waals surface area contributed by atoms with Crippen molar-refractivity contribution < 1.29 is 14.3 Å². The van der Waals surface area contributed by atoms with Crippen molar-refractivity contribution in [3.63, 3.8) is 0 Å². The van der Waals surface area contributed by atoms with E-state index in [-0.39, 0.29) is 12.5 Å². The minimum absolute atomic E-state index is 0.0803. The van der Waals surface area contributed by atoms with Crippen LogP contribution in [0.25, 0.3) is 11.3 Å². The highest BCUT2D eigenvalue weighted by atomic mass is 35.5. The van der Waals surface area contributed by atoms with Gasteiger partial charge < -0.3 is 14.3 Å². The van der Waals surface area contributed by atoms with E-state index < -0.39 is 0 Å². The van der Waals surface area contributed by atoms with Gasteiger partial charge in [0.2, 0.25) is 11.8 Å². The molecule has 208 valence electrons. The van der Waals surface area contributed by atoms with Crippen molar-refractivity contribution in [2.45, 2.75) is 19.4 Å². The van der Waals surface area contributed by atoms with Gasteiger partial charge in [-0.2, -0.15) is 5.10 Å². The van der Waals surface area contributed by atoms with E-state index >= 15 is 0 Å². The predicted molar refractivity (Wildman–Crippen MR) is 157 cm³/mol. The molecule has 0 fully saturated rings. The topological polar surface area (TPSA) is 101 Å². The second kappa shape index (κ2) is 10.6. The molecule has 0 aliphatic carbocycles. The van der Waals surface area contributed by atoms with Gasteiger partial charge in [-0.1, -0.05) is 53.2 Å². The number of hydrogen-bond acceptors (Lipinski definition) is 8. The molecule has 1 aliphatic heterocycles. The second-order valence-electron chi connectivity index (χ2n) is 9.68. The molecular weight excluding hydrogens is 554 g/mol. The number of nitrogens with zero attached hydrogens (tertiary/aromatic N) is 7. The lowest BCUT2D eigenvalue weighted by Crippen LogP contribution is -2.16. The molecule has 1 atom stereocenters. The molecule has 3 aromatic heterocycles. The molecule has 0 unspecified atom stereocenters. The number of ether oxygens (including phenoxy) is 2. The smallest absolute Gasteiger partial charge is 0.230 e. The van der Waals surface area contributed by atoms with Crippen molar-refractivity contribution in [3.8, 4) is 23.2 Å². The number of rotatable bonds is 7. The maximum Gasteiger partial charge on any atom is 0.230 e. The number of benzene rings is 3. The molecule has 11 heteroatoms. The average Bonchev–Trinajstić information content (AvgIpc) is 3.59. The highest BCUT2D eigenvalue weighted by Crippen LogP contribution is 2.49. The molecule has 0 spiro atoms. The van der Waals surface area contributed by atoms with Gasteiger partial charge in [0, 0.05) is 5.02 Å². The number of halogens is 1. The van der Waals surface area contributed by atoms with Crippen LogP contribution in [0.2, 0.25) is 5.02 Å². The van der Waals surface area contributed by atoms with Crippen LogP contribution in [0.4, 0.5) is 0 Å². The molecule has 6 aromatic rings. The normalized spacial score (nSPS) is 14.0. The lowest BCUT2D eigenvalue weighted by Gasteiger charge is -2.26. The summed E-state index contributed by atoms with van der Waals surface area (Å²) in [6.45, 7) is 2.05. The van der Waals surface area contributed by atoms with E-state index in [0.717, 1.165) is 39.4 Å². The molecule has 0 N–H and O–H groups in total. The van der Waals surface area contributed by atoms with Crippen LogP contribution in [0, 0.1) is 6.92 Å². The first-order chi connectivity index (χ1) is 20.6. The van der Waals surface area contributed by atoms with Crippen LogP contribution in [0.5, 0.6) is 17.5 Å². The summed E-state index contributed by atoms with van der Waals surface area (Å²) >= 11 is 6.31. The van der Waals surface area contributed by atoms with Gasteiger partial charge in [0.25, 0.3) is 0 Å². The van der Waals surface area contributed by atoms with Crippen LogP contribution >= 0.6 is 11.6 Å². The van der Waals surface area contributed by atoms with E-state index in [0.29, 0.717) is 28.3 Å². The summed E-state index contributed by atoms with van der Waals surface area (Å²) in [6.07, 6.45) is 3.21. The Labute approximate surface area is 245 Å². The molecule has 10 nitrogen and oxygen atoms in total. The zero-order valence-corrected chi connectivity index (χ0v) is 23.4. The van der Waals surface area contributed by atoms with Crippen molar-refractivity contribution in [2.75, 3.05) is 7.11 Å². The van der Waals surface area contributed by atoms with Gasteiger partial charge in [-0.3, -0.25) is 0 Å². The fraction of sp³-hybridized carbons (Fsp3) is 0.129. The van der Waals surface area contributed by atoms with E-state index in [1.165, 1.54) is 0 Å². The molecule has 4 heterocycles. The average molecular weight is 578 g/mol. The quantitative estimate of drug-likeness (QED) is 0.166. The van der Waals surface area contributed by atoms with E-state index in [9.17, 15) is 0 Å². The Hall–Kier alpha value is -5.22. The Balaban J connectivity index is 1.26. The van der Waals surface area contributed by atoms with Gasteiger partial charge in [-0.05, 0) is 60.5 Å². The minimum atomic E-state index is -0.250. The van der Waals surface area contributed by atoms with Crippen LogP contribution < -0.4 is 9.47 Å². The van der Waals surface area contributed by atoms with E-state index in [1.54, 1.807) is 28.8 Å². The molecule has 0 radical (unpaired) electrons. The van der Waals surface area contributed by atoms with Crippen LogP contribution in [0.3, 0.4) is 0 Å². The number of aromatic nitrogens is 6. The van der Waals surface area contributed by atoms with Crippen LogP contribution in [-0.4, -0.2) is 42.7 Å². The minimum Gasteiger partial charge on any atom is -0.497 e. The maximum atomic E-state index is 6.46. The molecule has 3 aromatic carbocycles. The van der Waals surface area contributed by atoms with Gasteiger partial charge in [-0.15, -0.1) is 5.10 Å². The van der Waals surface area contributed by atoms with E-state index in [4.69, 9.17) is 36.0 Å². The number of aryl methyl sites for hydroxylation is 1. The number of fused-ring (bicyclic) bond motifs is 4. The summed E-state index contributed by atoms with van der Waals surface area (Å²) < 4.78 is 15.1. The van der Waals surface area contributed by atoms with Crippen molar-refractivity contribution in [2.24, 2.45) is 5.16 Å². The fourth-order valence-electron chi connectivity index (χ4n) is 5.13. The fourth-order valence-corrected chi connectivity index (χ4v) is 5.31. The Morgan fingerprint density at radius 1 is 1.00 bits per heavy atom. The van der Waals surface area contributed by atoms with Gasteiger partial charge in [0.15, 0.2) is 18.1 Å². The first kappa shape index (κ1) is 25.7. The first-order valence-electron chi connectivity index (χ1n) is 13.2. The zero-order chi connectivity index (χ0) is 28.6. The molecule has 42 heavy (non-hydrogen) atoms. The molecule has 0 bridgehead atoms. The van der Waals surface area contributed by atoms with E-state index in [1.807, 2.05) is 73.7 Å². The predicted octanol–water partition coefficient (Wildman–Crippen LogP) is 6.12. The van der Waals surface area contributed by atoms with Crippen molar-refractivity contribution >= 4 is 23.5 Å². The third kappa shape index (κ3) is 4.61. The third-order valence-electron chi connectivity index (χ3n) is 7.04. The van der Waals surface area contributed by atoms with Crippen molar-refractivity contribution in [1.82, 2.24) is 29.4 Å². The van der Waals surface area contributed by atoms with Crippen LogP contribution in [0.15, 0.2) is 90.3 Å². The molecular formula is C31H24ClN7O3. The Morgan fingerprint density at radius 3 is 2.62 bits per heavy atom. The van der Waals surface area contributed by atoms with Crippen LogP contribution in [-0.2, 0) is 11.4 Å². The summed E-state index contributed by atoms with van der Waals surface area (Å²) in [5.74, 6) is 2.00. The third-order valence-corrected chi connectivity index (χ3v) is 7.27. The monoisotopic (exact) mass is 577 g/mol. The highest BCUT2D eigenvalue weighted by Gasteiger charge is 2.38. The molecule has 7 rings (SSSR count).